The van der Waals surface area contributed by atoms with E-state index in [1.165, 1.54) is 0 Å². The molecule has 2 unspecified atom stereocenters. The molecule has 0 saturated carbocycles. The number of unbranched alkanes of at least 4 members (excludes halogenated alkanes) is 6. The molecule has 0 aliphatic carbocycles. The van der Waals surface area contributed by atoms with Crippen molar-refractivity contribution < 1.29 is 33.3 Å². The summed E-state index contributed by atoms with van der Waals surface area (Å²) in [6, 6.07) is 10.7. The minimum absolute atomic E-state index is 0.309. The van der Waals surface area contributed by atoms with E-state index in [0.717, 1.165) is 51.4 Å². The molecule has 0 N–H and O–H groups in total. The maximum absolute atomic E-state index is 12.5. The Balaban J connectivity index is 2.07. The van der Waals surface area contributed by atoms with E-state index in [4.69, 9.17) is 23.7 Å². The van der Waals surface area contributed by atoms with Gasteiger partial charge in [0.1, 0.15) is 23.0 Å². The Morgan fingerprint density at radius 1 is 0.634 bits per heavy atom. The molecule has 0 heterocycles. The summed E-state index contributed by atoms with van der Waals surface area (Å²) in [7, 11) is 0. The minimum Gasteiger partial charge on any atom is -0.478 e. The highest BCUT2D eigenvalue weighted by Crippen LogP contribution is 2.36. The van der Waals surface area contributed by atoms with E-state index in [9.17, 15) is 9.59 Å². The van der Waals surface area contributed by atoms with E-state index < -0.39 is 12.2 Å². The molecule has 2 rings (SSSR count). The van der Waals surface area contributed by atoms with Gasteiger partial charge in [-0.3, -0.25) is 0 Å². The van der Waals surface area contributed by atoms with Gasteiger partial charge in [0.2, 0.25) is 0 Å². The first kappa shape index (κ1) is 34.9. The summed E-state index contributed by atoms with van der Waals surface area (Å²) < 4.78 is 30.0. The Bertz CT molecular complexity index is 993. The maximum atomic E-state index is 12.5. The number of carbonyl (C=O) groups is 2. The fraction of sp³-hybridized carbons (Fsp3) is 0.562. The molecule has 41 heavy (non-hydrogen) atoms. The molecule has 2 atom stereocenters. The molecular weight excluding hydrogens is 656 g/mol. The van der Waals surface area contributed by atoms with Gasteiger partial charge in [-0.15, -0.1) is 0 Å². The van der Waals surface area contributed by atoms with Gasteiger partial charge in [0, 0.05) is 0 Å². The third-order valence-electron chi connectivity index (χ3n) is 6.32. The van der Waals surface area contributed by atoms with Gasteiger partial charge < -0.3 is 23.7 Å². The standard InChI is InChI=1S/C32H44Br2O7/c1-5-9-11-13-15-29(31(35)37-7-3)40-27-19-17-23(21-25(27)33)39-24-18-20-28(26(34)22-24)41-30(32(36)38-8-4)16-14-12-10-6-2/h17-22,29-30H,5-16H2,1-4H3. The van der Waals surface area contributed by atoms with Crippen LogP contribution in [0.3, 0.4) is 0 Å². The first-order chi connectivity index (χ1) is 19.8. The minimum atomic E-state index is -0.663. The summed E-state index contributed by atoms with van der Waals surface area (Å²) in [6.45, 7) is 8.50. The molecule has 0 amide bonds. The summed E-state index contributed by atoms with van der Waals surface area (Å²) in [6.07, 6.45) is 8.25. The summed E-state index contributed by atoms with van der Waals surface area (Å²) in [5.74, 6) is 1.55. The van der Waals surface area contributed by atoms with Crippen LogP contribution >= 0.6 is 31.9 Å². The first-order valence-electron chi connectivity index (χ1n) is 14.8. The molecule has 2 aromatic rings. The molecule has 9 heteroatoms. The van der Waals surface area contributed by atoms with Crippen LogP contribution < -0.4 is 14.2 Å². The van der Waals surface area contributed by atoms with Crippen LogP contribution in [-0.2, 0) is 19.1 Å². The highest BCUT2D eigenvalue weighted by Gasteiger charge is 2.24. The van der Waals surface area contributed by atoms with E-state index in [1.807, 2.05) is 0 Å². The molecule has 0 bridgehead atoms. The Labute approximate surface area is 261 Å². The summed E-state index contributed by atoms with van der Waals surface area (Å²) in [4.78, 5) is 25.0. The fourth-order valence-electron chi connectivity index (χ4n) is 4.16. The van der Waals surface area contributed by atoms with Crippen LogP contribution in [0, 0.1) is 0 Å². The number of hydrogen-bond donors (Lipinski definition) is 0. The maximum Gasteiger partial charge on any atom is 0.347 e. The van der Waals surface area contributed by atoms with E-state index in [2.05, 4.69) is 45.7 Å². The number of hydrogen-bond acceptors (Lipinski definition) is 7. The number of rotatable bonds is 20. The van der Waals surface area contributed by atoms with E-state index in [1.54, 1.807) is 50.2 Å². The van der Waals surface area contributed by atoms with Crippen molar-refractivity contribution in [3.05, 3.63) is 45.3 Å². The Morgan fingerprint density at radius 2 is 1.05 bits per heavy atom. The van der Waals surface area contributed by atoms with E-state index in [-0.39, 0.29) is 11.9 Å². The second-order valence-corrected chi connectivity index (χ2v) is 11.4. The molecule has 0 aromatic heterocycles. The van der Waals surface area contributed by atoms with Crippen molar-refractivity contribution in [2.45, 2.75) is 104 Å². The lowest BCUT2D eigenvalue weighted by atomic mass is 10.1. The Kier molecular flexibility index (Phi) is 16.9. The monoisotopic (exact) mass is 698 g/mol. The normalized spacial score (nSPS) is 12.3. The number of benzene rings is 2. The summed E-state index contributed by atoms with van der Waals surface area (Å²) in [5.41, 5.74) is 0. The molecule has 0 radical (unpaired) electrons. The largest absolute Gasteiger partial charge is 0.478 e. The van der Waals surface area contributed by atoms with Crippen molar-refractivity contribution in [2.24, 2.45) is 0 Å². The highest BCUT2D eigenvalue weighted by molar-refractivity contribution is 9.10. The van der Waals surface area contributed by atoms with E-state index >= 15 is 0 Å². The lowest BCUT2D eigenvalue weighted by molar-refractivity contribution is -0.152. The van der Waals surface area contributed by atoms with E-state index in [0.29, 0.717) is 58.0 Å². The molecule has 0 fully saturated rings. The van der Waals surface area contributed by atoms with Crippen molar-refractivity contribution in [3.63, 3.8) is 0 Å². The van der Waals surface area contributed by atoms with Crippen molar-refractivity contribution in [3.8, 4) is 23.0 Å². The molecule has 0 saturated heterocycles. The van der Waals surface area contributed by atoms with Crippen LogP contribution in [-0.4, -0.2) is 37.4 Å². The van der Waals surface area contributed by atoms with Gasteiger partial charge in [0.25, 0.3) is 0 Å². The fourth-order valence-corrected chi connectivity index (χ4v) is 5.06. The zero-order valence-corrected chi connectivity index (χ0v) is 27.9. The number of halogens is 2. The zero-order chi connectivity index (χ0) is 30.0. The Morgan fingerprint density at radius 3 is 1.39 bits per heavy atom. The summed E-state index contributed by atoms with van der Waals surface area (Å²) in [5, 5.41) is 0. The van der Waals surface area contributed by atoms with Crippen LogP contribution in [0.2, 0.25) is 0 Å². The number of esters is 2. The lowest BCUT2D eigenvalue weighted by Crippen LogP contribution is -2.29. The van der Waals surface area contributed by atoms with Crippen LogP contribution in [0.1, 0.15) is 91.9 Å². The molecule has 0 aliphatic heterocycles. The molecule has 7 nitrogen and oxygen atoms in total. The number of ether oxygens (including phenoxy) is 5. The van der Waals surface area contributed by atoms with Crippen molar-refractivity contribution in [1.82, 2.24) is 0 Å². The van der Waals surface area contributed by atoms with Gasteiger partial charge in [-0.25, -0.2) is 9.59 Å². The SMILES string of the molecule is CCCCCCC(Oc1ccc(Oc2ccc(OC(CCCCCC)C(=O)OCC)c(Br)c2)cc1Br)C(=O)OCC. The molecule has 0 spiro atoms. The topological polar surface area (TPSA) is 80.3 Å². The lowest BCUT2D eigenvalue weighted by Gasteiger charge is -2.19. The molecule has 0 aliphatic rings. The van der Waals surface area contributed by atoms with Crippen molar-refractivity contribution in [1.29, 1.82) is 0 Å². The third-order valence-corrected chi connectivity index (χ3v) is 7.56. The Hall–Kier alpha value is -2.26. The smallest absolute Gasteiger partial charge is 0.347 e. The predicted molar refractivity (Wildman–Crippen MR) is 168 cm³/mol. The average Bonchev–Trinajstić information content (AvgIpc) is 2.94. The molecular formula is C32H44Br2O7. The molecule has 2 aromatic carbocycles. The van der Waals surface area contributed by atoms with Gasteiger partial charge in [0.05, 0.1) is 22.2 Å². The van der Waals surface area contributed by atoms with Gasteiger partial charge in [-0.2, -0.15) is 0 Å². The van der Waals surface area contributed by atoms with Crippen LogP contribution in [0.25, 0.3) is 0 Å². The second-order valence-electron chi connectivity index (χ2n) is 9.70. The first-order valence-corrected chi connectivity index (χ1v) is 16.3. The van der Waals surface area contributed by atoms with Crippen LogP contribution in [0.5, 0.6) is 23.0 Å². The van der Waals surface area contributed by atoms with Gasteiger partial charge in [-0.05, 0) is 108 Å². The predicted octanol–water partition coefficient (Wildman–Crippen LogP) is 9.57. The van der Waals surface area contributed by atoms with Crippen LogP contribution in [0.4, 0.5) is 0 Å². The number of carbonyl (C=O) groups excluding carboxylic acids is 2. The highest BCUT2D eigenvalue weighted by atomic mass is 79.9. The second kappa shape index (κ2) is 19.8. The summed E-state index contributed by atoms with van der Waals surface area (Å²) >= 11 is 7.10. The molecule has 228 valence electrons. The van der Waals surface area contributed by atoms with Crippen molar-refractivity contribution >= 4 is 43.8 Å². The van der Waals surface area contributed by atoms with Crippen LogP contribution in [0.15, 0.2) is 45.3 Å². The van der Waals surface area contributed by atoms with Gasteiger partial charge >= 0.3 is 11.9 Å². The van der Waals surface area contributed by atoms with Gasteiger partial charge in [0.15, 0.2) is 12.2 Å². The third kappa shape index (κ3) is 12.6. The van der Waals surface area contributed by atoms with Gasteiger partial charge in [-0.1, -0.05) is 52.4 Å². The quantitative estimate of drug-likeness (QED) is 0.101. The average molecular weight is 701 g/mol. The zero-order valence-electron chi connectivity index (χ0n) is 24.7. The van der Waals surface area contributed by atoms with Crippen molar-refractivity contribution in [2.75, 3.05) is 13.2 Å².